The Kier molecular flexibility index (Phi) is 3.23. The molecule has 2 aliphatic rings. The van der Waals surface area contributed by atoms with Crippen LogP contribution < -0.4 is 0 Å². The smallest absolute Gasteiger partial charge is 0.236 e. The van der Waals surface area contributed by atoms with Crippen LogP contribution in [-0.4, -0.2) is 51.8 Å². The highest BCUT2D eigenvalue weighted by atomic mass is 19.1. The fourth-order valence-electron chi connectivity index (χ4n) is 1.87. The number of carbonyl (C=O) groups is 2. The summed E-state index contributed by atoms with van der Waals surface area (Å²) >= 11 is 0. The fourth-order valence-corrected chi connectivity index (χ4v) is 1.87. The Bertz CT molecular complexity index is 383. The maximum Gasteiger partial charge on any atom is 0.236 e. The minimum absolute atomic E-state index is 0.0783. The second kappa shape index (κ2) is 4.52. The van der Waals surface area contributed by atoms with Gasteiger partial charge in [-0.15, -0.1) is 0 Å². The van der Waals surface area contributed by atoms with Gasteiger partial charge in [-0.3, -0.25) is 14.5 Å². The van der Waals surface area contributed by atoms with E-state index >= 15 is 0 Å². The Morgan fingerprint density at radius 3 is 2.82 bits per heavy atom. The average molecular weight is 245 g/mol. The van der Waals surface area contributed by atoms with Crippen molar-refractivity contribution in [2.24, 2.45) is 0 Å². The lowest BCUT2D eigenvalue weighted by Gasteiger charge is -2.27. The van der Waals surface area contributed by atoms with Crippen molar-refractivity contribution >= 4 is 11.7 Å². The third-order valence-corrected chi connectivity index (χ3v) is 2.81. The van der Waals surface area contributed by atoms with Crippen LogP contribution in [0, 0.1) is 0 Å². The standard InChI is InChI=1S/C10H12FNO5/c11-5-3-12(9(16)1-6(5)14)10-2-7(15)8(4-13)17-10/h3,7-8,10,13,15H,1-2,4H2/t7-,8+,10+/m1/s1. The zero-order valence-electron chi connectivity index (χ0n) is 8.88. The number of amides is 1. The van der Waals surface area contributed by atoms with Crippen LogP contribution in [0.2, 0.25) is 0 Å². The zero-order valence-corrected chi connectivity index (χ0v) is 8.88. The van der Waals surface area contributed by atoms with Gasteiger partial charge in [0.05, 0.1) is 19.1 Å². The van der Waals surface area contributed by atoms with Crippen LogP contribution >= 0.6 is 0 Å². The summed E-state index contributed by atoms with van der Waals surface area (Å²) < 4.78 is 18.3. The SMILES string of the molecule is O=C1CC(=O)N([C@@H]2C[C@@H](O)[C@H](CO)O2)C=C1F. The Morgan fingerprint density at radius 1 is 1.53 bits per heavy atom. The first-order valence-electron chi connectivity index (χ1n) is 5.19. The number of ketones is 1. The molecule has 1 amide bonds. The lowest BCUT2D eigenvalue weighted by molar-refractivity contribution is -0.145. The molecule has 2 rings (SSSR count). The molecule has 0 saturated carbocycles. The van der Waals surface area contributed by atoms with Crippen molar-refractivity contribution in [2.75, 3.05) is 6.61 Å². The van der Waals surface area contributed by atoms with Crippen LogP contribution in [0.3, 0.4) is 0 Å². The molecule has 0 spiro atoms. The van der Waals surface area contributed by atoms with Crippen LogP contribution in [-0.2, 0) is 14.3 Å². The van der Waals surface area contributed by atoms with Crippen LogP contribution in [0.5, 0.6) is 0 Å². The second-order valence-electron chi connectivity index (χ2n) is 3.99. The molecular weight excluding hydrogens is 233 g/mol. The van der Waals surface area contributed by atoms with Gasteiger partial charge in [0, 0.05) is 12.6 Å². The molecule has 0 unspecified atom stereocenters. The molecule has 6 nitrogen and oxygen atoms in total. The number of nitrogens with zero attached hydrogens (tertiary/aromatic N) is 1. The zero-order chi connectivity index (χ0) is 12.6. The maximum atomic E-state index is 13.1. The van der Waals surface area contributed by atoms with E-state index in [2.05, 4.69) is 0 Å². The number of carbonyl (C=O) groups excluding carboxylic acids is 2. The van der Waals surface area contributed by atoms with Crippen LogP contribution in [0.4, 0.5) is 4.39 Å². The molecule has 2 aliphatic heterocycles. The van der Waals surface area contributed by atoms with E-state index in [0.717, 1.165) is 11.1 Å². The molecule has 0 aromatic rings. The van der Waals surface area contributed by atoms with Gasteiger partial charge in [-0.2, -0.15) is 0 Å². The third kappa shape index (κ3) is 2.21. The summed E-state index contributed by atoms with van der Waals surface area (Å²) in [6, 6.07) is 0. The summed E-state index contributed by atoms with van der Waals surface area (Å²) in [4.78, 5) is 23.4. The summed E-state index contributed by atoms with van der Waals surface area (Å²) in [6.45, 7) is -0.384. The molecule has 0 aromatic heterocycles. The lowest BCUT2D eigenvalue weighted by Crippen LogP contribution is -2.40. The van der Waals surface area contributed by atoms with E-state index in [1.54, 1.807) is 0 Å². The minimum Gasteiger partial charge on any atom is -0.394 e. The van der Waals surface area contributed by atoms with Crippen molar-refractivity contribution in [1.29, 1.82) is 0 Å². The Balaban J connectivity index is 2.13. The molecule has 3 atom stereocenters. The average Bonchev–Trinajstić information content (AvgIpc) is 2.65. The van der Waals surface area contributed by atoms with Crippen molar-refractivity contribution in [3.8, 4) is 0 Å². The first kappa shape index (κ1) is 12.2. The third-order valence-electron chi connectivity index (χ3n) is 2.81. The number of aliphatic hydroxyl groups excluding tert-OH is 2. The van der Waals surface area contributed by atoms with Crippen LogP contribution in [0.25, 0.3) is 0 Å². The Morgan fingerprint density at radius 2 is 2.24 bits per heavy atom. The summed E-state index contributed by atoms with van der Waals surface area (Å²) in [7, 11) is 0. The normalized spacial score (nSPS) is 34.2. The molecule has 0 bridgehead atoms. The molecule has 1 fully saturated rings. The molecule has 0 aliphatic carbocycles. The van der Waals surface area contributed by atoms with Gasteiger partial charge in [-0.25, -0.2) is 4.39 Å². The monoisotopic (exact) mass is 245 g/mol. The number of halogens is 1. The van der Waals surface area contributed by atoms with Crippen molar-refractivity contribution in [2.45, 2.75) is 31.3 Å². The molecule has 2 heterocycles. The van der Waals surface area contributed by atoms with E-state index in [-0.39, 0.29) is 13.0 Å². The topological polar surface area (TPSA) is 87.1 Å². The predicted molar refractivity (Wildman–Crippen MR) is 52.0 cm³/mol. The number of hydrogen-bond acceptors (Lipinski definition) is 5. The molecule has 0 radical (unpaired) electrons. The van der Waals surface area contributed by atoms with Crippen molar-refractivity contribution in [3.05, 3.63) is 12.0 Å². The molecule has 2 N–H and O–H groups in total. The molecule has 94 valence electrons. The molecule has 0 aromatic carbocycles. The van der Waals surface area contributed by atoms with Crippen LogP contribution in [0.15, 0.2) is 12.0 Å². The van der Waals surface area contributed by atoms with Gasteiger partial charge in [0.1, 0.15) is 12.3 Å². The van der Waals surface area contributed by atoms with E-state index in [4.69, 9.17) is 9.84 Å². The van der Waals surface area contributed by atoms with Crippen molar-refractivity contribution in [1.82, 2.24) is 4.90 Å². The van der Waals surface area contributed by atoms with Gasteiger partial charge in [-0.1, -0.05) is 0 Å². The fraction of sp³-hybridized carbons (Fsp3) is 0.600. The first-order valence-corrected chi connectivity index (χ1v) is 5.19. The van der Waals surface area contributed by atoms with Crippen molar-refractivity contribution in [3.63, 3.8) is 0 Å². The number of allylic oxidation sites excluding steroid dienone is 1. The van der Waals surface area contributed by atoms with Gasteiger partial charge in [0.25, 0.3) is 0 Å². The highest BCUT2D eigenvalue weighted by Crippen LogP contribution is 2.26. The molecule has 17 heavy (non-hydrogen) atoms. The first-order chi connectivity index (χ1) is 8.02. The highest BCUT2D eigenvalue weighted by Gasteiger charge is 2.40. The molecular formula is C10H12FNO5. The quantitative estimate of drug-likeness (QED) is 0.613. The number of rotatable bonds is 2. The summed E-state index contributed by atoms with van der Waals surface area (Å²) in [5, 5.41) is 18.4. The largest absolute Gasteiger partial charge is 0.394 e. The Hall–Kier alpha value is -1.31. The molecule has 1 saturated heterocycles. The van der Waals surface area contributed by atoms with E-state index < -0.39 is 42.4 Å². The number of hydrogen-bond donors (Lipinski definition) is 2. The highest BCUT2D eigenvalue weighted by molar-refractivity contribution is 6.08. The maximum absolute atomic E-state index is 13.1. The summed E-state index contributed by atoms with van der Waals surface area (Å²) in [5.74, 6) is -2.44. The van der Waals surface area contributed by atoms with Crippen molar-refractivity contribution < 1.29 is 28.9 Å². The van der Waals surface area contributed by atoms with Gasteiger partial charge in [-0.05, 0) is 0 Å². The van der Waals surface area contributed by atoms with Gasteiger partial charge in [0.2, 0.25) is 11.7 Å². The predicted octanol–water partition coefficient (Wildman–Crippen LogP) is -0.933. The number of aliphatic hydroxyl groups is 2. The summed E-state index contributed by atoms with van der Waals surface area (Å²) in [5.41, 5.74) is 0. The second-order valence-corrected chi connectivity index (χ2v) is 3.99. The summed E-state index contributed by atoms with van der Waals surface area (Å²) in [6.07, 6.45) is -2.22. The number of ether oxygens (including phenoxy) is 1. The van der Waals surface area contributed by atoms with E-state index in [1.807, 2.05) is 0 Å². The minimum atomic E-state index is -1.00. The van der Waals surface area contributed by atoms with E-state index in [0.29, 0.717) is 0 Å². The van der Waals surface area contributed by atoms with Gasteiger partial charge in [0.15, 0.2) is 5.83 Å². The van der Waals surface area contributed by atoms with E-state index in [1.165, 1.54) is 0 Å². The Labute approximate surface area is 96.3 Å². The van der Waals surface area contributed by atoms with Gasteiger partial charge < -0.3 is 14.9 Å². The lowest BCUT2D eigenvalue weighted by atomic mass is 10.1. The number of Topliss-reactive ketones (excluding diaryl/α,β-unsaturated/α-hetero) is 1. The molecule has 7 heteroatoms. The van der Waals surface area contributed by atoms with Crippen LogP contribution in [0.1, 0.15) is 12.8 Å². The van der Waals surface area contributed by atoms with E-state index in [9.17, 15) is 19.1 Å². The van der Waals surface area contributed by atoms with Gasteiger partial charge >= 0.3 is 0 Å².